The highest BCUT2D eigenvalue weighted by atomic mass is 16.3. The summed E-state index contributed by atoms with van der Waals surface area (Å²) in [5, 5.41) is 12.8. The molecule has 0 aliphatic carbocycles. The van der Waals surface area contributed by atoms with E-state index in [4.69, 9.17) is 0 Å². The fourth-order valence-corrected chi connectivity index (χ4v) is 2.76. The first-order valence-corrected chi connectivity index (χ1v) is 7.72. The van der Waals surface area contributed by atoms with Gasteiger partial charge in [-0.05, 0) is 31.4 Å². The summed E-state index contributed by atoms with van der Waals surface area (Å²) in [7, 11) is 0. The summed E-state index contributed by atoms with van der Waals surface area (Å²) in [6.45, 7) is 4.98. The molecule has 3 N–H and O–H groups in total. The van der Waals surface area contributed by atoms with E-state index in [1.807, 2.05) is 38.1 Å². The number of rotatable bonds is 2. The Morgan fingerprint density at radius 1 is 1.50 bits per heavy atom. The Bertz CT molecular complexity index is 636. The molecule has 2 amide bonds. The average Bonchev–Trinajstić information content (AvgIpc) is 2.94. The van der Waals surface area contributed by atoms with Gasteiger partial charge in [0.1, 0.15) is 5.82 Å². The number of β-amino-alcohol motifs (C(OH)–C–C–N with tert-alkyl or cyclic N) is 1. The number of para-hydroxylation sites is 2. The van der Waals surface area contributed by atoms with E-state index >= 15 is 0 Å². The molecule has 6 nitrogen and oxygen atoms in total. The fourth-order valence-electron chi connectivity index (χ4n) is 2.76. The lowest BCUT2D eigenvalue weighted by Crippen LogP contribution is -2.50. The number of nitrogens with zero attached hydrogens (tertiary/aromatic N) is 2. The number of fused-ring (bicyclic) bond motifs is 1. The lowest BCUT2D eigenvalue weighted by molar-refractivity contribution is 0.0430. The molecule has 1 aromatic heterocycles. The second-order valence-electron chi connectivity index (χ2n) is 6.09. The van der Waals surface area contributed by atoms with E-state index in [1.54, 1.807) is 4.90 Å². The van der Waals surface area contributed by atoms with Gasteiger partial charge in [-0.2, -0.15) is 0 Å². The molecule has 3 atom stereocenters. The zero-order chi connectivity index (χ0) is 15.7. The first-order valence-electron chi connectivity index (χ1n) is 7.72. The molecule has 1 saturated heterocycles. The molecule has 0 spiro atoms. The van der Waals surface area contributed by atoms with E-state index in [1.165, 1.54) is 0 Å². The molecule has 118 valence electrons. The van der Waals surface area contributed by atoms with Gasteiger partial charge in [0.25, 0.3) is 0 Å². The number of hydrogen-bond donors (Lipinski definition) is 3. The van der Waals surface area contributed by atoms with Crippen molar-refractivity contribution in [1.82, 2.24) is 20.2 Å². The second kappa shape index (κ2) is 5.96. The van der Waals surface area contributed by atoms with Crippen LogP contribution in [-0.2, 0) is 0 Å². The van der Waals surface area contributed by atoms with Gasteiger partial charge in [-0.15, -0.1) is 0 Å². The highest BCUT2D eigenvalue weighted by molar-refractivity contribution is 5.76. The maximum atomic E-state index is 12.3. The molecular formula is C16H22N4O2. The largest absolute Gasteiger partial charge is 0.391 e. The van der Waals surface area contributed by atoms with Crippen molar-refractivity contribution in [2.45, 2.75) is 32.4 Å². The van der Waals surface area contributed by atoms with Crippen LogP contribution in [0.3, 0.4) is 0 Å². The van der Waals surface area contributed by atoms with Crippen LogP contribution in [-0.4, -0.2) is 45.2 Å². The van der Waals surface area contributed by atoms with Gasteiger partial charge in [0.15, 0.2) is 0 Å². The van der Waals surface area contributed by atoms with Crippen LogP contribution in [0, 0.1) is 5.92 Å². The van der Waals surface area contributed by atoms with Crippen LogP contribution in [0.5, 0.6) is 0 Å². The van der Waals surface area contributed by atoms with Crippen LogP contribution in [0.15, 0.2) is 24.3 Å². The van der Waals surface area contributed by atoms with Gasteiger partial charge in [0.05, 0.1) is 23.2 Å². The van der Waals surface area contributed by atoms with E-state index in [0.717, 1.165) is 23.3 Å². The van der Waals surface area contributed by atoms with Crippen molar-refractivity contribution in [3.8, 4) is 0 Å². The van der Waals surface area contributed by atoms with E-state index < -0.39 is 6.10 Å². The SMILES string of the molecule is CC(NC(=O)N1CCC(C)C(O)C1)c1nc2ccccc2[nH]1. The number of carbonyl (C=O) groups is 1. The molecule has 1 aliphatic heterocycles. The number of likely N-dealkylation sites (tertiary alicyclic amines) is 1. The molecular weight excluding hydrogens is 280 g/mol. The van der Waals surface area contributed by atoms with E-state index in [2.05, 4.69) is 15.3 Å². The van der Waals surface area contributed by atoms with Gasteiger partial charge in [-0.3, -0.25) is 0 Å². The minimum atomic E-state index is -0.444. The molecule has 6 heteroatoms. The molecule has 1 fully saturated rings. The van der Waals surface area contributed by atoms with Crippen LogP contribution in [0.1, 0.15) is 32.1 Å². The number of H-pyrrole nitrogens is 1. The van der Waals surface area contributed by atoms with Crippen molar-refractivity contribution in [1.29, 1.82) is 0 Å². The smallest absolute Gasteiger partial charge is 0.318 e. The van der Waals surface area contributed by atoms with Crippen LogP contribution in [0.2, 0.25) is 0 Å². The summed E-state index contributed by atoms with van der Waals surface area (Å²) in [5.74, 6) is 0.984. The van der Waals surface area contributed by atoms with Crippen LogP contribution >= 0.6 is 0 Å². The minimum Gasteiger partial charge on any atom is -0.391 e. The first kappa shape index (κ1) is 14.8. The van der Waals surface area contributed by atoms with Gasteiger partial charge in [-0.25, -0.2) is 9.78 Å². The number of aromatic nitrogens is 2. The van der Waals surface area contributed by atoms with Crippen LogP contribution in [0.4, 0.5) is 4.79 Å². The van der Waals surface area contributed by atoms with Crippen molar-refractivity contribution in [2.75, 3.05) is 13.1 Å². The Hall–Kier alpha value is -2.08. The van der Waals surface area contributed by atoms with E-state index in [0.29, 0.717) is 13.1 Å². The number of carbonyl (C=O) groups excluding carboxylic acids is 1. The van der Waals surface area contributed by atoms with Gasteiger partial charge in [-0.1, -0.05) is 19.1 Å². The van der Waals surface area contributed by atoms with Gasteiger partial charge < -0.3 is 20.3 Å². The summed E-state index contributed by atoms with van der Waals surface area (Å²) in [5.41, 5.74) is 1.85. The average molecular weight is 302 g/mol. The van der Waals surface area contributed by atoms with Crippen LogP contribution < -0.4 is 5.32 Å². The third-order valence-electron chi connectivity index (χ3n) is 4.36. The predicted molar refractivity (Wildman–Crippen MR) is 84.4 cm³/mol. The number of hydrogen-bond acceptors (Lipinski definition) is 3. The topological polar surface area (TPSA) is 81.2 Å². The third-order valence-corrected chi connectivity index (χ3v) is 4.36. The molecule has 0 saturated carbocycles. The van der Waals surface area contributed by atoms with E-state index in [-0.39, 0.29) is 18.0 Å². The standard InChI is InChI=1S/C16H22N4O2/c1-10-7-8-20(9-14(10)21)16(22)17-11(2)15-18-12-5-3-4-6-13(12)19-15/h3-6,10-11,14,21H,7-9H2,1-2H3,(H,17,22)(H,18,19). The molecule has 2 aromatic rings. The van der Waals surface area contributed by atoms with Crippen molar-refractivity contribution in [2.24, 2.45) is 5.92 Å². The summed E-state index contributed by atoms with van der Waals surface area (Å²) in [6, 6.07) is 7.42. The predicted octanol–water partition coefficient (Wildman–Crippen LogP) is 2.04. The number of aliphatic hydroxyl groups is 1. The van der Waals surface area contributed by atoms with Crippen molar-refractivity contribution < 1.29 is 9.90 Å². The Morgan fingerprint density at radius 3 is 3.00 bits per heavy atom. The minimum absolute atomic E-state index is 0.154. The summed E-state index contributed by atoms with van der Waals surface area (Å²) < 4.78 is 0. The number of benzene rings is 1. The lowest BCUT2D eigenvalue weighted by Gasteiger charge is -2.34. The number of amides is 2. The maximum absolute atomic E-state index is 12.3. The number of piperidine rings is 1. The number of urea groups is 1. The van der Waals surface area contributed by atoms with Gasteiger partial charge in [0.2, 0.25) is 0 Å². The van der Waals surface area contributed by atoms with Crippen molar-refractivity contribution in [3.63, 3.8) is 0 Å². The summed E-state index contributed by atoms with van der Waals surface area (Å²) in [6.07, 6.45) is 0.383. The molecule has 0 radical (unpaired) electrons. The fraction of sp³-hybridized carbons (Fsp3) is 0.500. The first-order chi connectivity index (χ1) is 10.5. The number of nitrogens with one attached hydrogen (secondary N) is 2. The van der Waals surface area contributed by atoms with Crippen molar-refractivity contribution >= 4 is 17.1 Å². The maximum Gasteiger partial charge on any atom is 0.318 e. The van der Waals surface area contributed by atoms with E-state index in [9.17, 15) is 9.90 Å². The Labute approximate surface area is 129 Å². The third kappa shape index (κ3) is 2.92. The molecule has 22 heavy (non-hydrogen) atoms. The molecule has 2 heterocycles. The van der Waals surface area contributed by atoms with Gasteiger partial charge >= 0.3 is 6.03 Å². The number of aliphatic hydroxyl groups excluding tert-OH is 1. The number of imidazole rings is 1. The van der Waals surface area contributed by atoms with Crippen LogP contribution in [0.25, 0.3) is 11.0 Å². The molecule has 0 bridgehead atoms. The Balaban J connectivity index is 1.65. The number of aromatic amines is 1. The second-order valence-corrected chi connectivity index (χ2v) is 6.09. The molecule has 1 aromatic carbocycles. The highest BCUT2D eigenvalue weighted by Gasteiger charge is 2.28. The molecule has 3 rings (SSSR count). The highest BCUT2D eigenvalue weighted by Crippen LogP contribution is 2.19. The summed E-state index contributed by atoms with van der Waals surface area (Å²) >= 11 is 0. The zero-order valence-corrected chi connectivity index (χ0v) is 12.9. The Kier molecular flexibility index (Phi) is 4.02. The Morgan fingerprint density at radius 2 is 2.27 bits per heavy atom. The summed E-state index contributed by atoms with van der Waals surface area (Å²) in [4.78, 5) is 21.7. The normalized spacial score (nSPS) is 23.5. The van der Waals surface area contributed by atoms with Crippen molar-refractivity contribution in [3.05, 3.63) is 30.1 Å². The molecule has 1 aliphatic rings. The molecule has 3 unspecified atom stereocenters. The quantitative estimate of drug-likeness (QED) is 0.794. The monoisotopic (exact) mass is 302 g/mol. The lowest BCUT2D eigenvalue weighted by atomic mass is 9.96. The zero-order valence-electron chi connectivity index (χ0n) is 12.9. The van der Waals surface area contributed by atoms with Gasteiger partial charge in [0, 0.05) is 13.1 Å².